The summed E-state index contributed by atoms with van der Waals surface area (Å²) < 4.78 is 0. The zero-order valence-electron chi connectivity index (χ0n) is 12.5. The minimum atomic E-state index is 0. The minimum Gasteiger partial charge on any atom is -0.753 e. The molecule has 0 radical (unpaired) electrons. The molecule has 6 N–H and O–H groups in total. The van der Waals surface area contributed by atoms with Crippen molar-refractivity contribution in [2.75, 3.05) is 0 Å². The molecule has 0 saturated carbocycles. The van der Waals surface area contributed by atoms with Gasteiger partial charge in [0.1, 0.15) is 0 Å². The Balaban J connectivity index is -0.0000000645. The molecule has 0 unspecified atom stereocenters. The molecule has 0 bridgehead atoms. The van der Waals surface area contributed by atoms with Crippen LogP contribution in [0.5, 0.6) is 0 Å². The number of nitrogens with zero attached hydrogens (tertiary/aromatic N) is 6. The van der Waals surface area contributed by atoms with Crippen molar-refractivity contribution in [3.8, 4) is 0 Å². The number of hydrogen-bond acceptors (Lipinski definition) is 6. The second-order valence-electron chi connectivity index (χ2n) is 2.88. The second kappa shape index (κ2) is 28.4. The van der Waals surface area contributed by atoms with Crippen LogP contribution < -0.4 is 0 Å². The topological polar surface area (TPSA) is 162 Å². The minimum absolute atomic E-state index is 0. The second-order valence-corrected chi connectivity index (χ2v) is 3.24. The summed E-state index contributed by atoms with van der Waals surface area (Å²) >= 11 is 7.40. The number of hydrogen-bond donors (Lipinski definition) is 0. The summed E-state index contributed by atoms with van der Waals surface area (Å²) in [6.07, 6.45) is 10.1. The van der Waals surface area contributed by atoms with Crippen molar-refractivity contribution in [1.82, 2.24) is 19.9 Å². The molecule has 23 heavy (non-hydrogen) atoms. The molecule has 0 aliphatic carbocycles. The van der Waals surface area contributed by atoms with Gasteiger partial charge in [-0.2, -0.15) is 10.3 Å². The van der Waals surface area contributed by atoms with Crippen LogP contribution in [-0.4, -0.2) is 30.3 Å². The third-order valence-electron chi connectivity index (χ3n) is 1.38. The SMILES string of the molecule is Cc1cnccn1.Cc1cnccn1.[Fe+2].[N-]=C=S.[N-]=C=S.[OH3+].[OH3+]. The van der Waals surface area contributed by atoms with E-state index in [9.17, 15) is 0 Å². The Bertz CT molecular complexity index is 472. The quantitative estimate of drug-likeness (QED) is 0.279. The Kier molecular flexibility index (Phi) is 40.7. The molecular formula is C12H18FeN6O2S2+2. The molecule has 11 heteroatoms. The van der Waals surface area contributed by atoms with Gasteiger partial charge in [0, 0.05) is 37.2 Å². The Morgan fingerprint density at radius 2 is 1.04 bits per heavy atom. The smallest absolute Gasteiger partial charge is 0.753 e. The van der Waals surface area contributed by atoms with Gasteiger partial charge in [0.2, 0.25) is 0 Å². The van der Waals surface area contributed by atoms with Gasteiger partial charge in [-0.3, -0.25) is 19.9 Å². The molecule has 2 rings (SSSR count). The van der Waals surface area contributed by atoms with E-state index in [1.807, 2.05) is 13.8 Å². The first-order valence-corrected chi connectivity index (χ1v) is 5.91. The van der Waals surface area contributed by atoms with E-state index in [1.165, 1.54) is 10.3 Å². The average Bonchev–Trinajstić information content (AvgIpc) is 2.43. The summed E-state index contributed by atoms with van der Waals surface area (Å²) in [7, 11) is 0. The summed E-state index contributed by atoms with van der Waals surface area (Å²) in [6, 6.07) is 0. The van der Waals surface area contributed by atoms with Gasteiger partial charge in [0.05, 0.1) is 11.4 Å². The van der Waals surface area contributed by atoms with Gasteiger partial charge >= 0.3 is 17.1 Å². The maximum Gasteiger partial charge on any atom is 2.00 e. The average molecular weight is 398 g/mol. The summed E-state index contributed by atoms with van der Waals surface area (Å²) in [5.41, 5.74) is 1.92. The molecule has 8 nitrogen and oxygen atoms in total. The van der Waals surface area contributed by atoms with Gasteiger partial charge in [-0.1, -0.05) is 24.4 Å². The standard InChI is InChI=1S/2C5H6N2.2CNS.Fe.2H2O/c2*1-5-4-6-2-3-7-5;2*2-1-3;;;/h2*2-4H,1H3;;;;2*1H2/q;;2*-1;+2;;/p+2. The predicted octanol–water partition coefficient (Wildman–Crippen LogP) is 1.04. The van der Waals surface area contributed by atoms with Gasteiger partial charge in [-0.05, 0) is 13.8 Å². The van der Waals surface area contributed by atoms with Crippen LogP contribution in [0.3, 0.4) is 0 Å². The van der Waals surface area contributed by atoms with Gasteiger partial charge in [-0.15, -0.1) is 0 Å². The monoisotopic (exact) mass is 398 g/mol. The largest absolute Gasteiger partial charge is 2.00 e. The van der Waals surface area contributed by atoms with Crippen molar-refractivity contribution in [3.05, 3.63) is 59.4 Å². The molecule has 0 amide bonds. The molecule has 2 aromatic rings. The summed E-state index contributed by atoms with van der Waals surface area (Å²) in [6.45, 7) is 3.82. The summed E-state index contributed by atoms with van der Waals surface area (Å²) in [5.74, 6) is 0. The van der Waals surface area contributed by atoms with Crippen LogP contribution in [0.4, 0.5) is 0 Å². The number of isothiocyanates is 2. The van der Waals surface area contributed by atoms with Gasteiger partial charge in [0.25, 0.3) is 0 Å². The third-order valence-corrected chi connectivity index (χ3v) is 1.38. The summed E-state index contributed by atoms with van der Waals surface area (Å²) in [4.78, 5) is 15.5. The van der Waals surface area contributed by atoms with E-state index in [-0.39, 0.29) is 28.0 Å². The summed E-state index contributed by atoms with van der Waals surface area (Å²) in [5, 5.41) is 16.9. The van der Waals surface area contributed by atoms with E-state index >= 15 is 0 Å². The molecule has 126 valence electrons. The number of aromatic nitrogens is 4. The fourth-order valence-electron chi connectivity index (χ4n) is 0.747. The van der Waals surface area contributed by atoms with Crippen molar-refractivity contribution in [3.63, 3.8) is 0 Å². The van der Waals surface area contributed by atoms with E-state index < -0.39 is 0 Å². The maximum absolute atomic E-state index is 7.13. The molecule has 0 aliphatic rings. The van der Waals surface area contributed by atoms with Crippen LogP contribution in [0, 0.1) is 13.8 Å². The first kappa shape index (κ1) is 33.0. The number of rotatable bonds is 0. The molecule has 0 aliphatic heterocycles. The molecule has 0 aromatic carbocycles. The normalized spacial score (nSPS) is 6.00. The zero-order valence-corrected chi connectivity index (χ0v) is 15.2. The Morgan fingerprint density at radius 1 is 0.783 bits per heavy atom. The fraction of sp³-hybridized carbons (Fsp3) is 0.167. The Labute approximate surface area is 155 Å². The first-order valence-electron chi connectivity index (χ1n) is 5.10. The van der Waals surface area contributed by atoms with E-state index in [0.717, 1.165) is 11.4 Å². The molecular weight excluding hydrogens is 380 g/mol. The molecule has 2 heterocycles. The zero-order chi connectivity index (χ0) is 15.6. The van der Waals surface area contributed by atoms with E-state index in [2.05, 4.69) is 44.4 Å². The van der Waals surface area contributed by atoms with E-state index in [0.29, 0.717) is 0 Å². The van der Waals surface area contributed by atoms with E-state index in [1.54, 1.807) is 37.2 Å². The van der Waals surface area contributed by atoms with Gasteiger partial charge in [0.15, 0.2) is 0 Å². The third kappa shape index (κ3) is 33.2. The first-order chi connectivity index (χ1) is 9.62. The van der Waals surface area contributed by atoms with Crippen molar-refractivity contribution >= 4 is 34.8 Å². The van der Waals surface area contributed by atoms with Crippen molar-refractivity contribution in [2.24, 2.45) is 0 Å². The molecule has 0 fully saturated rings. The van der Waals surface area contributed by atoms with Gasteiger partial charge < -0.3 is 21.8 Å². The van der Waals surface area contributed by atoms with Crippen LogP contribution >= 0.6 is 24.4 Å². The van der Waals surface area contributed by atoms with E-state index in [4.69, 9.17) is 10.8 Å². The predicted molar refractivity (Wildman–Crippen MR) is 95.2 cm³/mol. The fourth-order valence-corrected chi connectivity index (χ4v) is 0.747. The molecule has 0 spiro atoms. The molecule has 0 atom stereocenters. The van der Waals surface area contributed by atoms with Gasteiger partial charge in [-0.25, -0.2) is 0 Å². The van der Waals surface area contributed by atoms with Crippen LogP contribution in [0.25, 0.3) is 10.8 Å². The van der Waals surface area contributed by atoms with Crippen molar-refractivity contribution < 1.29 is 28.0 Å². The Morgan fingerprint density at radius 3 is 1.13 bits per heavy atom. The van der Waals surface area contributed by atoms with Crippen LogP contribution in [-0.2, 0) is 28.0 Å². The Hall–Kier alpha value is -1.80. The number of thiocarbonyl (C=S) groups is 2. The van der Waals surface area contributed by atoms with Crippen molar-refractivity contribution in [2.45, 2.75) is 13.8 Å². The van der Waals surface area contributed by atoms with Crippen LogP contribution in [0.15, 0.2) is 37.2 Å². The molecule has 0 saturated heterocycles. The maximum atomic E-state index is 7.13. The number of aryl methyl sites for hydroxylation is 2. The van der Waals surface area contributed by atoms with Crippen LogP contribution in [0.2, 0.25) is 0 Å². The molecule has 2 aromatic heterocycles. The van der Waals surface area contributed by atoms with Crippen molar-refractivity contribution in [1.29, 1.82) is 0 Å². The van der Waals surface area contributed by atoms with Crippen LogP contribution in [0.1, 0.15) is 11.4 Å².